The number of hydrogen-bond acceptors (Lipinski definition) is 4. The zero-order valence-electron chi connectivity index (χ0n) is 13.9. The lowest BCUT2D eigenvalue weighted by Crippen LogP contribution is -2.42. The number of aromatic nitrogens is 1. The first kappa shape index (κ1) is 17.8. The summed E-state index contributed by atoms with van der Waals surface area (Å²) in [7, 11) is -3.58. The highest BCUT2D eigenvalue weighted by molar-refractivity contribution is 7.86. The van der Waals surface area contributed by atoms with E-state index in [9.17, 15) is 13.2 Å². The van der Waals surface area contributed by atoms with Gasteiger partial charge in [-0.25, -0.2) is 10.1 Å². The van der Waals surface area contributed by atoms with Crippen LogP contribution in [0.4, 0.5) is 0 Å². The highest BCUT2D eigenvalue weighted by atomic mass is 32.2. The average Bonchev–Trinajstić information content (AvgIpc) is 2.61. The summed E-state index contributed by atoms with van der Waals surface area (Å²) in [6.07, 6.45) is 2.35. The second kappa shape index (κ2) is 7.47. The van der Waals surface area contributed by atoms with Gasteiger partial charge in [-0.1, -0.05) is 24.3 Å². The molecule has 1 aromatic carbocycles. The second-order valence-corrected chi connectivity index (χ2v) is 7.87. The van der Waals surface area contributed by atoms with Crippen molar-refractivity contribution in [2.45, 2.75) is 19.3 Å². The predicted octanol–water partition coefficient (Wildman–Crippen LogP) is 1.27. The number of fused-ring (bicyclic) bond motifs is 1. The van der Waals surface area contributed by atoms with E-state index in [4.69, 9.17) is 5.14 Å². The minimum atomic E-state index is -3.58. The molecule has 1 saturated heterocycles. The van der Waals surface area contributed by atoms with Gasteiger partial charge in [0.2, 0.25) is 0 Å². The van der Waals surface area contributed by atoms with Crippen LogP contribution in [0, 0.1) is 5.92 Å². The lowest BCUT2D eigenvalue weighted by molar-refractivity contribution is 0.0945. The number of amides is 1. The summed E-state index contributed by atoms with van der Waals surface area (Å²) in [5, 5.41) is 9.03. The van der Waals surface area contributed by atoms with Crippen molar-refractivity contribution in [1.29, 1.82) is 0 Å². The molecule has 7 nitrogen and oxygen atoms in total. The maximum Gasteiger partial charge on any atom is 0.276 e. The maximum absolute atomic E-state index is 12.2. The first-order valence-corrected chi connectivity index (χ1v) is 9.85. The molecular weight excluding hydrogens is 340 g/mol. The zero-order chi connectivity index (χ0) is 17.9. The van der Waals surface area contributed by atoms with E-state index in [0.29, 0.717) is 31.2 Å². The number of para-hydroxylation sites is 1. The van der Waals surface area contributed by atoms with Crippen LogP contribution >= 0.6 is 0 Å². The van der Waals surface area contributed by atoms with E-state index in [1.807, 2.05) is 30.3 Å². The molecule has 1 aliphatic rings. The topological polar surface area (TPSA) is 105 Å². The Kier molecular flexibility index (Phi) is 5.31. The normalized spacial score (nSPS) is 16.8. The van der Waals surface area contributed by atoms with Crippen molar-refractivity contribution in [3.05, 3.63) is 42.1 Å². The molecule has 2 aromatic rings. The summed E-state index contributed by atoms with van der Waals surface area (Å²) < 4.78 is 23.9. The quantitative estimate of drug-likeness (QED) is 0.835. The molecule has 0 bridgehead atoms. The van der Waals surface area contributed by atoms with Crippen LogP contribution in [0.1, 0.15) is 29.8 Å². The number of nitrogens with zero attached hydrogens (tertiary/aromatic N) is 2. The number of piperidine rings is 1. The fourth-order valence-corrected chi connectivity index (χ4v) is 3.85. The molecule has 3 N–H and O–H groups in total. The van der Waals surface area contributed by atoms with Gasteiger partial charge < -0.3 is 5.32 Å². The van der Waals surface area contributed by atoms with Crippen molar-refractivity contribution in [2.24, 2.45) is 11.1 Å². The van der Waals surface area contributed by atoms with Crippen molar-refractivity contribution in [2.75, 3.05) is 19.6 Å². The SMILES string of the molecule is NS(=O)(=O)N1CCC(CCNC(=O)c2ccc3ccccc3n2)CC1. The Hall–Kier alpha value is -2.03. The Bertz CT molecular complexity index is 861. The molecule has 0 atom stereocenters. The van der Waals surface area contributed by atoms with Gasteiger partial charge in [0.25, 0.3) is 16.1 Å². The molecule has 0 aliphatic carbocycles. The minimum absolute atomic E-state index is 0.187. The number of pyridine rings is 1. The number of carbonyl (C=O) groups excluding carboxylic acids is 1. The highest BCUT2D eigenvalue weighted by Crippen LogP contribution is 2.21. The van der Waals surface area contributed by atoms with Gasteiger partial charge in [0.05, 0.1) is 5.52 Å². The van der Waals surface area contributed by atoms with Gasteiger partial charge in [-0.2, -0.15) is 12.7 Å². The third kappa shape index (κ3) is 4.53. The van der Waals surface area contributed by atoms with E-state index in [0.717, 1.165) is 30.2 Å². The third-order valence-corrected chi connectivity index (χ3v) is 5.69. The van der Waals surface area contributed by atoms with Gasteiger partial charge in [-0.3, -0.25) is 4.79 Å². The molecular formula is C17H22N4O3S. The molecule has 25 heavy (non-hydrogen) atoms. The van der Waals surface area contributed by atoms with E-state index < -0.39 is 10.2 Å². The minimum Gasteiger partial charge on any atom is -0.351 e. The summed E-state index contributed by atoms with van der Waals surface area (Å²) >= 11 is 0. The molecule has 2 heterocycles. The van der Waals surface area contributed by atoms with Crippen molar-refractivity contribution in [3.63, 3.8) is 0 Å². The van der Waals surface area contributed by atoms with Gasteiger partial charge in [-0.15, -0.1) is 0 Å². The fourth-order valence-electron chi connectivity index (χ4n) is 3.13. The average molecular weight is 362 g/mol. The number of carbonyl (C=O) groups is 1. The number of benzene rings is 1. The van der Waals surface area contributed by atoms with Crippen molar-refractivity contribution < 1.29 is 13.2 Å². The Morgan fingerprint density at radius 2 is 1.92 bits per heavy atom. The first-order chi connectivity index (χ1) is 11.9. The molecule has 0 radical (unpaired) electrons. The molecule has 1 amide bonds. The van der Waals surface area contributed by atoms with E-state index >= 15 is 0 Å². The standard InChI is InChI=1S/C17H22N4O3S/c18-25(23,24)21-11-8-13(9-12-21)7-10-19-17(22)16-6-5-14-3-1-2-4-15(14)20-16/h1-6,13H,7-12H2,(H,19,22)(H2,18,23,24). The molecule has 1 aromatic heterocycles. The van der Waals surface area contributed by atoms with E-state index in [-0.39, 0.29) is 5.91 Å². The lowest BCUT2D eigenvalue weighted by Gasteiger charge is -2.29. The van der Waals surface area contributed by atoms with Crippen molar-refractivity contribution >= 4 is 27.0 Å². The van der Waals surface area contributed by atoms with Gasteiger partial charge in [-0.05, 0) is 37.3 Å². The Morgan fingerprint density at radius 1 is 1.20 bits per heavy atom. The number of hydrogen-bond donors (Lipinski definition) is 2. The summed E-state index contributed by atoms with van der Waals surface area (Å²) in [5.74, 6) is 0.204. The Morgan fingerprint density at radius 3 is 2.64 bits per heavy atom. The zero-order valence-corrected chi connectivity index (χ0v) is 14.7. The van der Waals surface area contributed by atoms with Gasteiger partial charge >= 0.3 is 0 Å². The van der Waals surface area contributed by atoms with Gasteiger partial charge in [0, 0.05) is 25.0 Å². The van der Waals surface area contributed by atoms with Crippen LogP contribution in [0.15, 0.2) is 36.4 Å². The fraction of sp³-hybridized carbons (Fsp3) is 0.412. The van der Waals surface area contributed by atoms with Crippen LogP contribution < -0.4 is 10.5 Å². The van der Waals surface area contributed by atoms with E-state index in [1.165, 1.54) is 4.31 Å². The summed E-state index contributed by atoms with van der Waals surface area (Å²) in [6.45, 7) is 1.45. The van der Waals surface area contributed by atoms with Crippen LogP contribution in [-0.2, 0) is 10.2 Å². The predicted molar refractivity (Wildman–Crippen MR) is 96.1 cm³/mol. The van der Waals surface area contributed by atoms with Gasteiger partial charge in [0.15, 0.2) is 0 Å². The van der Waals surface area contributed by atoms with E-state index in [1.54, 1.807) is 6.07 Å². The number of nitrogens with one attached hydrogen (secondary N) is 1. The molecule has 1 aliphatic heterocycles. The molecule has 134 valence electrons. The Labute approximate surface area is 147 Å². The smallest absolute Gasteiger partial charge is 0.276 e. The summed E-state index contributed by atoms with van der Waals surface area (Å²) in [5.41, 5.74) is 1.20. The molecule has 1 fully saturated rings. The molecule has 8 heteroatoms. The van der Waals surface area contributed by atoms with E-state index in [2.05, 4.69) is 10.3 Å². The second-order valence-electron chi connectivity index (χ2n) is 6.32. The van der Waals surface area contributed by atoms with Gasteiger partial charge in [0.1, 0.15) is 5.69 Å². The number of nitrogens with two attached hydrogens (primary N) is 1. The van der Waals surface area contributed by atoms with Crippen LogP contribution in [0.2, 0.25) is 0 Å². The molecule has 0 unspecified atom stereocenters. The molecule has 0 saturated carbocycles. The summed E-state index contributed by atoms with van der Waals surface area (Å²) in [4.78, 5) is 16.6. The largest absolute Gasteiger partial charge is 0.351 e. The molecule has 0 spiro atoms. The lowest BCUT2D eigenvalue weighted by atomic mass is 9.95. The van der Waals surface area contributed by atoms with Crippen molar-refractivity contribution in [3.8, 4) is 0 Å². The Balaban J connectivity index is 1.48. The van der Waals surface area contributed by atoms with Crippen LogP contribution in [0.25, 0.3) is 10.9 Å². The van der Waals surface area contributed by atoms with Crippen LogP contribution in [0.5, 0.6) is 0 Å². The monoisotopic (exact) mass is 362 g/mol. The van der Waals surface area contributed by atoms with Crippen molar-refractivity contribution in [1.82, 2.24) is 14.6 Å². The summed E-state index contributed by atoms with van der Waals surface area (Å²) in [6, 6.07) is 11.3. The highest BCUT2D eigenvalue weighted by Gasteiger charge is 2.25. The molecule has 3 rings (SSSR count). The number of rotatable bonds is 5. The first-order valence-electron chi connectivity index (χ1n) is 8.35. The van der Waals surface area contributed by atoms with Crippen LogP contribution in [-0.4, -0.2) is 43.2 Å². The van der Waals surface area contributed by atoms with Crippen LogP contribution in [0.3, 0.4) is 0 Å². The third-order valence-electron chi connectivity index (χ3n) is 4.60. The maximum atomic E-state index is 12.2.